The summed E-state index contributed by atoms with van der Waals surface area (Å²) in [4.78, 5) is 0. The van der Waals surface area contributed by atoms with Gasteiger partial charge in [0.1, 0.15) is 0 Å². The maximum absolute atomic E-state index is 4.33. The number of hydrogen-bond acceptors (Lipinski definition) is 2. The van der Waals surface area contributed by atoms with Crippen LogP contribution in [0.15, 0.2) is 39.5 Å². The number of rotatable bonds is 4. The summed E-state index contributed by atoms with van der Waals surface area (Å²) in [6.45, 7) is 2.97. The second-order valence-corrected chi connectivity index (χ2v) is 5.79. The average molecular weight is 373 g/mol. The molecule has 0 amide bonds. The molecule has 0 aliphatic rings. The highest BCUT2D eigenvalue weighted by molar-refractivity contribution is 9.11. The van der Waals surface area contributed by atoms with E-state index in [4.69, 9.17) is 0 Å². The molecule has 1 heterocycles. The number of aryl methyl sites for hydroxylation is 1. The largest absolute Gasteiger partial charge is 0.309 e. The van der Waals surface area contributed by atoms with Gasteiger partial charge in [-0.25, -0.2) is 0 Å². The lowest BCUT2D eigenvalue weighted by molar-refractivity contribution is 0.653. The van der Waals surface area contributed by atoms with Gasteiger partial charge in [-0.05, 0) is 37.7 Å². The standard InChI is InChI=1S/C13H15Br2N3/c1-3-18-8-9(7-17-18)13(16-2)11-6-10(14)4-5-12(11)15/h4-8,13,16H,3H2,1-2H3. The number of nitrogens with one attached hydrogen (secondary N) is 1. The number of nitrogens with zero attached hydrogens (tertiary/aromatic N) is 2. The van der Waals surface area contributed by atoms with E-state index in [1.165, 1.54) is 5.56 Å². The summed E-state index contributed by atoms with van der Waals surface area (Å²) in [5.74, 6) is 0. The summed E-state index contributed by atoms with van der Waals surface area (Å²) in [5.41, 5.74) is 2.36. The van der Waals surface area contributed by atoms with Crippen LogP contribution in [-0.2, 0) is 6.54 Å². The molecule has 0 fully saturated rings. The lowest BCUT2D eigenvalue weighted by Gasteiger charge is -2.17. The molecule has 0 bridgehead atoms. The van der Waals surface area contributed by atoms with Gasteiger partial charge >= 0.3 is 0 Å². The Bertz CT molecular complexity index is 537. The lowest BCUT2D eigenvalue weighted by Crippen LogP contribution is -2.17. The molecular formula is C13H15Br2N3. The van der Waals surface area contributed by atoms with Crippen LogP contribution in [0.5, 0.6) is 0 Å². The van der Waals surface area contributed by atoms with E-state index in [-0.39, 0.29) is 6.04 Å². The molecule has 0 saturated heterocycles. The van der Waals surface area contributed by atoms with Gasteiger partial charge in [-0.2, -0.15) is 5.10 Å². The van der Waals surface area contributed by atoms with Crippen molar-refractivity contribution in [3.05, 3.63) is 50.7 Å². The van der Waals surface area contributed by atoms with E-state index >= 15 is 0 Å². The molecule has 0 saturated carbocycles. The summed E-state index contributed by atoms with van der Waals surface area (Å²) in [7, 11) is 1.96. The predicted octanol–water partition coefficient (Wildman–Crippen LogP) is 3.74. The monoisotopic (exact) mass is 371 g/mol. The van der Waals surface area contributed by atoms with Gasteiger partial charge in [-0.3, -0.25) is 4.68 Å². The smallest absolute Gasteiger partial charge is 0.0617 e. The first-order valence-electron chi connectivity index (χ1n) is 5.80. The first-order chi connectivity index (χ1) is 8.65. The summed E-state index contributed by atoms with van der Waals surface area (Å²) in [6.07, 6.45) is 3.99. The zero-order chi connectivity index (χ0) is 13.1. The Morgan fingerprint density at radius 2 is 2.17 bits per heavy atom. The van der Waals surface area contributed by atoms with E-state index in [9.17, 15) is 0 Å². The number of halogens is 2. The van der Waals surface area contributed by atoms with E-state index in [0.717, 1.165) is 21.1 Å². The second-order valence-electron chi connectivity index (χ2n) is 4.02. The summed E-state index contributed by atoms with van der Waals surface area (Å²) < 4.78 is 4.10. The van der Waals surface area contributed by atoms with Gasteiger partial charge in [0, 0.05) is 27.3 Å². The molecule has 0 spiro atoms. The summed E-state index contributed by atoms with van der Waals surface area (Å²) in [5, 5.41) is 7.67. The zero-order valence-corrected chi connectivity index (χ0v) is 13.5. The Morgan fingerprint density at radius 3 is 2.78 bits per heavy atom. The topological polar surface area (TPSA) is 29.9 Å². The maximum atomic E-state index is 4.33. The summed E-state index contributed by atoms with van der Waals surface area (Å²) >= 11 is 7.12. The third kappa shape index (κ3) is 2.84. The molecule has 2 aromatic rings. The van der Waals surface area contributed by atoms with Gasteiger partial charge in [0.15, 0.2) is 0 Å². The molecule has 2 rings (SSSR count). The fraction of sp³-hybridized carbons (Fsp3) is 0.308. The van der Waals surface area contributed by atoms with Crippen LogP contribution < -0.4 is 5.32 Å². The van der Waals surface area contributed by atoms with Crippen molar-refractivity contribution in [3.63, 3.8) is 0 Å². The van der Waals surface area contributed by atoms with E-state index < -0.39 is 0 Å². The predicted molar refractivity (Wildman–Crippen MR) is 80.6 cm³/mol. The van der Waals surface area contributed by atoms with E-state index in [2.05, 4.69) is 61.5 Å². The minimum atomic E-state index is 0.136. The number of benzene rings is 1. The van der Waals surface area contributed by atoms with Gasteiger partial charge in [0.25, 0.3) is 0 Å². The van der Waals surface area contributed by atoms with Crippen LogP contribution in [0.4, 0.5) is 0 Å². The molecule has 1 aromatic heterocycles. The number of hydrogen-bond donors (Lipinski definition) is 1. The Balaban J connectivity index is 2.41. The van der Waals surface area contributed by atoms with Gasteiger partial charge in [0.2, 0.25) is 0 Å². The SMILES string of the molecule is CCn1cc(C(NC)c2cc(Br)ccc2Br)cn1. The molecule has 5 heteroatoms. The highest BCUT2D eigenvalue weighted by Gasteiger charge is 2.16. The number of aromatic nitrogens is 2. The van der Waals surface area contributed by atoms with Crippen LogP contribution in [0.3, 0.4) is 0 Å². The Kier molecular flexibility index (Phi) is 4.59. The van der Waals surface area contributed by atoms with Crippen molar-refractivity contribution in [2.45, 2.75) is 19.5 Å². The molecule has 0 aliphatic heterocycles. The van der Waals surface area contributed by atoms with Gasteiger partial charge < -0.3 is 5.32 Å². The van der Waals surface area contributed by atoms with Crippen molar-refractivity contribution >= 4 is 31.9 Å². The Morgan fingerprint density at radius 1 is 1.39 bits per heavy atom. The molecule has 96 valence electrons. The first-order valence-corrected chi connectivity index (χ1v) is 7.39. The second kappa shape index (κ2) is 5.99. The Labute approximate surface area is 124 Å². The molecule has 1 unspecified atom stereocenters. The molecule has 3 nitrogen and oxygen atoms in total. The molecule has 1 N–H and O–H groups in total. The Hall–Kier alpha value is -0.650. The minimum absolute atomic E-state index is 0.136. The molecule has 1 atom stereocenters. The van der Waals surface area contributed by atoms with Gasteiger partial charge in [0.05, 0.1) is 12.2 Å². The minimum Gasteiger partial charge on any atom is -0.309 e. The van der Waals surface area contributed by atoms with Crippen molar-refractivity contribution in [3.8, 4) is 0 Å². The highest BCUT2D eigenvalue weighted by atomic mass is 79.9. The van der Waals surface area contributed by atoms with Gasteiger partial charge in [-0.15, -0.1) is 0 Å². The van der Waals surface area contributed by atoms with E-state index in [1.807, 2.05) is 30.1 Å². The zero-order valence-electron chi connectivity index (χ0n) is 10.3. The van der Waals surface area contributed by atoms with E-state index in [1.54, 1.807) is 0 Å². The van der Waals surface area contributed by atoms with E-state index in [0.29, 0.717) is 0 Å². The van der Waals surface area contributed by atoms with Crippen molar-refractivity contribution in [2.24, 2.45) is 0 Å². The molecule has 18 heavy (non-hydrogen) atoms. The first kappa shape index (κ1) is 13.8. The highest BCUT2D eigenvalue weighted by Crippen LogP contribution is 2.30. The molecule has 1 aromatic carbocycles. The normalized spacial score (nSPS) is 12.7. The third-order valence-corrected chi connectivity index (χ3v) is 4.08. The fourth-order valence-corrected chi connectivity index (χ4v) is 2.79. The van der Waals surface area contributed by atoms with Crippen LogP contribution in [0.2, 0.25) is 0 Å². The van der Waals surface area contributed by atoms with Crippen LogP contribution in [0, 0.1) is 0 Å². The average Bonchev–Trinajstić information content (AvgIpc) is 2.83. The third-order valence-electron chi connectivity index (χ3n) is 2.87. The van der Waals surface area contributed by atoms with Gasteiger partial charge in [-0.1, -0.05) is 31.9 Å². The van der Waals surface area contributed by atoms with Crippen molar-refractivity contribution in [2.75, 3.05) is 7.05 Å². The van der Waals surface area contributed by atoms with Crippen LogP contribution >= 0.6 is 31.9 Å². The van der Waals surface area contributed by atoms with Crippen molar-refractivity contribution < 1.29 is 0 Å². The summed E-state index contributed by atoms with van der Waals surface area (Å²) in [6, 6.07) is 6.33. The quantitative estimate of drug-likeness (QED) is 0.885. The lowest BCUT2D eigenvalue weighted by atomic mass is 10.0. The molecule has 0 aliphatic carbocycles. The maximum Gasteiger partial charge on any atom is 0.0617 e. The van der Waals surface area contributed by atoms with Crippen LogP contribution in [0.1, 0.15) is 24.1 Å². The van der Waals surface area contributed by atoms with Crippen LogP contribution in [0.25, 0.3) is 0 Å². The van der Waals surface area contributed by atoms with Crippen LogP contribution in [-0.4, -0.2) is 16.8 Å². The van der Waals surface area contributed by atoms with Crippen molar-refractivity contribution in [1.82, 2.24) is 15.1 Å². The molecular weight excluding hydrogens is 358 g/mol. The van der Waals surface area contributed by atoms with Crippen molar-refractivity contribution in [1.29, 1.82) is 0 Å². The fourth-order valence-electron chi connectivity index (χ4n) is 1.94. The molecule has 0 radical (unpaired) electrons.